The molecule has 0 saturated carbocycles. The number of hydrogen-bond donors (Lipinski definition) is 1. The van der Waals surface area contributed by atoms with E-state index in [2.05, 4.69) is 4.98 Å². The molecule has 2 aromatic heterocycles. The van der Waals surface area contributed by atoms with Crippen LogP contribution in [0, 0.1) is 13.8 Å². The monoisotopic (exact) mass is 257 g/mol. The first-order valence-corrected chi connectivity index (χ1v) is 5.11. The summed E-state index contributed by atoms with van der Waals surface area (Å²) in [6.45, 7) is 3.66. The Balaban J connectivity index is 2.37. The van der Waals surface area contributed by atoms with Crippen molar-refractivity contribution >= 4 is 17.4 Å². The molecular formula is C11H10F3N3O. The van der Waals surface area contributed by atoms with Crippen LogP contribution >= 0.6 is 0 Å². The number of halogens is 3. The van der Waals surface area contributed by atoms with Crippen LogP contribution in [0.4, 0.5) is 19.0 Å². The summed E-state index contributed by atoms with van der Waals surface area (Å²) in [5.41, 5.74) is 2.28. The van der Waals surface area contributed by atoms with Gasteiger partial charge in [0, 0.05) is 6.20 Å². The minimum absolute atomic E-state index is 0.119. The number of rotatable bonds is 1. The molecule has 4 nitrogen and oxygen atoms in total. The van der Waals surface area contributed by atoms with Crippen LogP contribution in [0.1, 0.15) is 11.1 Å². The molecular weight excluding hydrogens is 247 g/mol. The summed E-state index contributed by atoms with van der Waals surface area (Å²) in [7, 11) is 0. The summed E-state index contributed by atoms with van der Waals surface area (Å²) in [5, 5.41) is 1.72. The van der Waals surface area contributed by atoms with Crippen LogP contribution in [0.15, 0.2) is 18.5 Å². The maximum absolute atomic E-state index is 12.1. The topological polar surface area (TPSA) is 46.4 Å². The number of aryl methyl sites for hydroxylation is 2. The highest BCUT2D eigenvalue weighted by atomic mass is 19.4. The number of amides is 1. The zero-order chi connectivity index (χ0) is 13.5. The van der Waals surface area contributed by atoms with Crippen molar-refractivity contribution in [2.45, 2.75) is 20.0 Å². The third kappa shape index (κ3) is 2.29. The lowest BCUT2D eigenvalue weighted by Gasteiger charge is -2.04. The number of alkyl halides is 3. The van der Waals surface area contributed by atoms with E-state index in [4.69, 9.17) is 0 Å². The number of fused-ring (bicyclic) bond motifs is 1. The van der Waals surface area contributed by atoms with Crippen LogP contribution in [-0.2, 0) is 4.79 Å². The minimum atomic E-state index is -4.92. The van der Waals surface area contributed by atoms with Gasteiger partial charge in [0.25, 0.3) is 0 Å². The number of aromatic nitrogens is 2. The third-order valence-corrected chi connectivity index (χ3v) is 2.37. The molecule has 2 heterocycles. The largest absolute Gasteiger partial charge is 0.471 e. The lowest BCUT2D eigenvalue weighted by Crippen LogP contribution is -2.30. The predicted octanol–water partition coefficient (Wildman–Crippen LogP) is 2.45. The quantitative estimate of drug-likeness (QED) is 0.853. The van der Waals surface area contributed by atoms with Gasteiger partial charge >= 0.3 is 12.1 Å². The van der Waals surface area contributed by atoms with E-state index in [1.54, 1.807) is 22.8 Å². The number of nitrogens with one attached hydrogen (secondary N) is 1. The van der Waals surface area contributed by atoms with Gasteiger partial charge in [-0.3, -0.25) is 4.79 Å². The van der Waals surface area contributed by atoms with E-state index < -0.39 is 12.1 Å². The Kier molecular flexibility index (Phi) is 2.76. The van der Waals surface area contributed by atoms with Gasteiger partial charge in [-0.2, -0.15) is 13.2 Å². The van der Waals surface area contributed by atoms with E-state index in [1.807, 2.05) is 13.0 Å². The van der Waals surface area contributed by atoms with Crippen LogP contribution in [0.25, 0.3) is 5.65 Å². The van der Waals surface area contributed by atoms with Crippen molar-refractivity contribution in [2.24, 2.45) is 0 Å². The second kappa shape index (κ2) is 4.01. The van der Waals surface area contributed by atoms with Crippen molar-refractivity contribution < 1.29 is 18.0 Å². The Morgan fingerprint density at radius 3 is 2.61 bits per heavy atom. The lowest BCUT2D eigenvalue weighted by molar-refractivity contribution is -0.167. The first kappa shape index (κ1) is 12.4. The maximum atomic E-state index is 12.1. The van der Waals surface area contributed by atoms with E-state index in [1.165, 1.54) is 6.20 Å². The number of imidazole rings is 1. The summed E-state index contributed by atoms with van der Waals surface area (Å²) < 4.78 is 37.8. The molecule has 2 aromatic rings. The molecule has 96 valence electrons. The van der Waals surface area contributed by atoms with E-state index in [-0.39, 0.29) is 5.82 Å². The van der Waals surface area contributed by atoms with Gasteiger partial charge in [-0.1, -0.05) is 6.07 Å². The molecule has 0 radical (unpaired) electrons. The molecule has 0 saturated heterocycles. The molecule has 0 fully saturated rings. The molecule has 18 heavy (non-hydrogen) atoms. The molecule has 1 N–H and O–H groups in total. The first-order valence-electron chi connectivity index (χ1n) is 5.11. The van der Waals surface area contributed by atoms with Crippen molar-refractivity contribution in [3.8, 4) is 0 Å². The van der Waals surface area contributed by atoms with Crippen molar-refractivity contribution in [3.05, 3.63) is 29.6 Å². The van der Waals surface area contributed by atoms with Crippen molar-refractivity contribution in [1.82, 2.24) is 9.38 Å². The fraction of sp³-hybridized carbons (Fsp3) is 0.273. The Morgan fingerprint density at radius 2 is 2.00 bits per heavy atom. The Morgan fingerprint density at radius 1 is 1.33 bits per heavy atom. The number of hydrogen-bond acceptors (Lipinski definition) is 2. The van der Waals surface area contributed by atoms with Crippen molar-refractivity contribution in [1.29, 1.82) is 0 Å². The first-order chi connectivity index (χ1) is 8.27. The number of anilines is 1. The molecule has 2 rings (SSSR count). The van der Waals surface area contributed by atoms with Crippen molar-refractivity contribution in [2.75, 3.05) is 5.32 Å². The van der Waals surface area contributed by atoms with Crippen LogP contribution in [-0.4, -0.2) is 21.5 Å². The van der Waals surface area contributed by atoms with Gasteiger partial charge in [0.05, 0.1) is 6.20 Å². The number of pyridine rings is 1. The van der Waals surface area contributed by atoms with Crippen molar-refractivity contribution in [3.63, 3.8) is 0 Å². The molecule has 0 atom stereocenters. The van der Waals surface area contributed by atoms with E-state index in [0.29, 0.717) is 5.65 Å². The van der Waals surface area contributed by atoms with Gasteiger partial charge in [0.15, 0.2) is 5.82 Å². The van der Waals surface area contributed by atoms with Gasteiger partial charge in [-0.05, 0) is 25.0 Å². The highest BCUT2D eigenvalue weighted by molar-refractivity contribution is 5.94. The number of carbonyl (C=O) groups excluding carboxylic acids is 1. The molecule has 0 aliphatic rings. The minimum Gasteiger partial charge on any atom is -0.304 e. The van der Waals surface area contributed by atoms with Crippen LogP contribution in [0.2, 0.25) is 0 Å². The smallest absolute Gasteiger partial charge is 0.304 e. The van der Waals surface area contributed by atoms with Gasteiger partial charge in [-0.25, -0.2) is 4.98 Å². The average Bonchev–Trinajstić information content (AvgIpc) is 2.58. The highest BCUT2D eigenvalue weighted by Gasteiger charge is 2.39. The van der Waals surface area contributed by atoms with Gasteiger partial charge < -0.3 is 9.72 Å². The van der Waals surface area contributed by atoms with Gasteiger partial charge in [0.2, 0.25) is 0 Å². The summed E-state index contributed by atoms with van der Waals surface area (Å²) in [5.74, 6) is -2.15. The fourth-order valence-electron chi connectivity index (χ4n) is 1.69. The van der Waals surface area contributed by atoms with Crippen LogP contribution in [0.5, 0.6) is 0 Å². The number of nitrogens with zero attached hydrogens (tertiary/aromatic N) is 2. The average molecular weight is 257 g/mol. The van der Waals surface area contributed by atoms with Gasteiger partial charge in [-0.15, -0.1) is 0 Å². The molecule has 0 unspecified atom stereocenters. The molecule has 0 spiro atoms. The lowest BCUT2D eigenvalue weighted by atomic mass is 10.2. The van der Waals surface area contributed by atoms with Crippen LogP contribution in [0.3, 0.4) is 0 Å². The molecule has 0 aliphatic heterocycles. The predicted molar refractivity (Wildman–Crippen MR) is 59.4 cm³/mol. The molecule has 1 amide bonds. The maximum Gasteiger partial charge on any atom is 0.471 e. The molecule has 0 aromatic carbocycles. The highest BCUT2D eigenvalue weighted by Crippen LogP contribution is 2.19. The number of carbonyl (C=O) groups is 1. The normalized spacial score (nSPS) is 11.8. The molecule has 7 heteroatoms. The van der Waals surface area contributed by atoms with E-state index in [9.17, 15) is 18.0 Å². The zero-order valence-electron chi connectivity index (χ0n) is 9.67. The van der Waals surface area contributed by atoms with Gasteiger partial charge in [0.1, 0.15) is 5.65 Å². The summed E-state index contributed by atoms with van der Waals surface area (Å²) in [6, 6.07) is 1.86. The SMILES string of the molecule is Cc1cc(C)c2nc(NC(=O)C(F)(F)F)cn2c1. The summed E-state index contributed by atoms with van der Waals surface area (Å²) in [6.07, 6.45) is -1.85. The molecule has 0 bridgehead atoms. The van der Waals surface area contributed by atoms with E-state index >= 15 is 0 Å². The Hall–Kier alpha value is -2.05. The standard InChI is InChI=1S/C11H10F3N3O/c1-6-3-7(2)9-15-8(5-17(9)4-6)16-10(18)11(12,13)14/h3-5H,1-2H3,(H,16,18). The van der Waals surface area contributed by atoms with E-state index in [0.717, 1.165) is 11.1 Å². The summed E-state index contributed by atoms with van der Waals surface area (Å²) >= 11 is 0. The summed E-state index contributed by atoms with van der Waals surface area (Å²) in [4.78, 5) is 14.7. The fourth-order valence-corrected chi connectivity index (χ4v) is 1.69. The van der Waals surface area contributed by atoms with Crippen LogP contribution < -0.4 is 5.32 Å². The zero-order valence-corrected chi connectivity index (χ0v) is 9.67. The Bertz CT molecular complexity index is 616. The second-order valence-corrected chi connectivity index (χ2v) is 4.01. The molecule has 0 aliphatic carbocycles. The Labute approximate surface area is 100 Å². The third-order valence-electron chi connectivity index (χ3n) is 2.37. The second-order valence-electron chi connectivity index (χ2n) is 4.01.